The zero-order valence-electron chi connectivity index (χ0n) is 18.7. The molecule has 33 heavy (non-hydrogen) atoms. The highest BCUT2D eigenvalue weighted by atomic mass is 19.1. The van der Waals surface area contributed by atoms with E-state index in [1.165, 1.54) is 18.6 Å². The monoisotopic (exact) mass is 449 g/mol. The van der Waals surface area contributed by atoms with Gasteiger partial charge >= 0.3 is 0 Å². The zero-order valence-corrected chi connectivity index (χ0v) is 18.7. The lowest BCUT2D eigenvalue weighted by Crippen LogP contribution is -2.31. The van der Waals surface area contributed by atoms with E-state index in [4.69, 9.17) is 14.5 Å². The maximum atomic E-state index is 13.2. The predicted molar refractivity (Wildman–Crippen MR) is 125 cm³/mol. The Hall–Kier alpha value is -3.61. The summed E-state index contributed by atoms with van der Waals surface area (Å²) in [6, 6.07) is 17.6. The van der Waals surface area contributed by atoms with E-state index in [2.05, 4.69) is 10.2 Å². The van der Waals surface area contributed by atoms with Gasteiger partial charge in [-0.1, -0.05) is 42.5 Å². The molecule has 0 radical (unpaired) electrons. The summed E-state index contributed by atoms with van der Waals surface area (Å²) in [7, 11) is 1.56. The number of piperidine rings is 1. The Kier molecular flexibility index (Phi) is 7.40. The Morgan fingerprint density at radius 2 is 1.76 bits per heavy atom. The maximum Gasteiger partial charge on any atom is 0.274 e. The first kappa shape index (κ1) is 22.6. The third-order valence-corrected chi connectivity index (χ3v) is 5.63. The number of halogens is 1. The van der Waals surface area contributed by atoms with Crippen molar-refractivity contribution in [3.8, 4) is 11.5 Å². The zero-order chi connectivity index (χ0) is 23.0. The molecule has 1 aliphatic rings. The average Bonchev–Trinajstić information content (AvgIpc) is 2.87. The maximum absolute atomic E-state index is 13.2. The van der Waals surface area contributed by atoms with Crippen molar-refractivity contribution in [2.45, 2.75) is 32.4 Å². The van der Waals surface area contributed by atoms with Crippen LogP contribution in [0.25, 0.3) is 0 Å². The van der Waals surface area contributed by atoms with Crippen LogP contribution >= 0.6 is 0 Å². The molecule has 2 aromatic carbocycles. The minimum Gasteiger partial charge on any atom is -0.493 e. The highest BCUT2D eigenvalue weighted by Gasteiger charge is 2.24. The second-order valence-electron chi connectivity index (χ2n) is 7.99. The Bertz CT molecular complexity index is 1070. The van der Waals surface area contributed by atoms with Gasteiger partial charge in [-0.05, 0) is 42.5 Å². The number of pyridine rings is 1. The molecule has 0 unspecified atom stereocenters. The molecule has 1 amide bonds. The number of carbonyl (C=O) groups is 1. The molecule has 1 aromatic heterocycles. The van der Waals surface area contributed by atoms with Crippen LogP contribution in [-0.2, 0) is 13.2 Å². The van der Waals surface area contributed by atoms with Crippen LogP contribution in [0.3, 0.4) is 0 Å². The van der Waals surface area contributed by atoms with Crippen molar-refractivity contribution in [1.29, 1.82) is 0 Å². The Labute approximate surface area is 193 Å². The van der Waals surface area contributed by atoms with Gasteiger partial charge in [0.1, 0.15) is 18.2 Å². The van der Waals surface area contributed by atoms with Crippen LogP contribution in [0.5, 0.6) is 11.5 Å². The van der Waals surface area contributed by atoms with Crippen LogP contribution < -0.4 is 19.7 Å². The number of anilines is 1. The van der Waals surface area contributed by atoms with Crippen LogP contribution in [-0.4, -0.2) is 31.1 Å². The van der Waals surface area contributed by atoms with Gasteiger partial charge in [-0.2, -0.15) is 0 Å². The Morgan fingerprint density at radius 1 is 1.03 bits per heavy atom. The highest BCUT2D eigenvalue weighted by molar-refractivity contribution is 5.96. The van der Waals surface area contributed by atoms with Gasteiger partial charge in [0, 0.05) is 25.7 Å². The number of nitrogens with zero attached hydrogens (tertiary/aromatic N) is 2. The number of ether oxygens (including phenoxy) is 2. The van der Waals surface area contributed by atoms with Gasteiger partial charge in [0.15, 0.2) is 17.2 Å². The van der Waals surface area contributed by atoms with Crippen molar-refractivity contribution in [1.82, 2.24) is 10.3 Å². The molecule has 1 fully saturated rings. The number of hydrogen-bond acceptors (Lipinski definition) is 5. The smallest absolute Gasteiger partial charge is 0.274 e. The molecule has 1 N–H and O–H groups in total. The topological polar surface area (TPSA) is 63.7 Å². The second kappa shape index (κ2) is 10.8. The van der Waals surface area contributed by atoms with E-state index in [0.717, 1.165) is 37.1 Å². The van der Waals surface area contributed by atoms with Crippen LogP contribution in [0, 0.1) is 5.82 Å². The van der Waals surface area contributed by atoms with Crippen molar-refractivity contribution < 1.29 is 18.7 Å². The van der Waals surface area contributed by atoms with Gasteiger partial charge < -0.3 is 19.7 Å². The van der Waals surface area contributed by atoms with Crippen molar-refractivity contribution in [2.75, 3.05) is 25.1 Å². The summed E-state index contributed by atoms with van der Waals surface area (Å²) < 4.78 is 24.9. The van der Waals surface area contributed by atoms with Crippen molar-refractivity contribution in [3.63, 3.8) is 0 Å². The van der Waals surface area contributed by atoms with E-state index in [1.807, 2.05) is 36.4 Å². The standard InChI is InChI=1S/C26H28FN3O3/c1-32-22-16-23(30-14-6-3-7-15-30)29-24(25(22)33-18-20-8-4-2-5-9-20)26(31)28-17-19-10-12-21(27)13-11-19/h2,4-5,8-13,16H,3,6-7,14-15,17-18H2,1H3,(H,28,31). The van der Waals surface area contributed by atoms with Crippen molar-refractivity contribution >= 4 is 11.7 Å². The molecule has 2 heterocycles. The van der Waals surface area contributed by atoms with Crippen molar-refractivity contribution in [3.05, 3.63) is 83.3 Å². The van der Waals surface area contributed by atoms with E-state index in [0.29, 0.717) is 17.3 Å². The molecule has 6 nitrogen and oxygen atoms in total. The number of benzene rings is 2. The van der Waals surface area contributed by atoms with Crippen LogP contribution in [0.4, 0.5) is 10.2 Å². The summed E-state index contributed by atoms with van der Waals surface area (Å²) in [6.45, 7) is 2.30. The molecule has 3 aromatic rings. The highest BCUT2D eigenvalue weighted by Crippen LogP contribution is 2.35. The largest absolute Gasteiger partial charge is 0.493 e. The third kappa shape index (κ3) is 5.80. The van der Waals surface area contributed by atoms with E-state index in [9.17, 15) is 9.18 Å². The molecular weight excluding hydrogens is 421 g/mol. The molecule has 4 rings (SSSR count). The second-order valence-corrected chi connectivity index (χ2v) is 7.99. The van der Waals surface area contributed by atoms with Gasteiger partial charge in [-0.25, -0.2) is 9.37 Å². The third-order valence-electron chi connectivity index (χ3n) is 5.63. The summed E-state index contributed by atoms with van der Waals surface area (Å²) in [6.07, 6.45) is 3.36. The summed E-state index contributed by atoms with van der Waals surface area (Å²) in [5.41, 5.74) is 1.93. The van der Waals surface area contributed by atoms with Crippen LogP contribution in [0.2, 0.25) is 0 Å². The van der Waals surface area contributed by atoms with Gasteiger partial charge in [0.2, 0.25) is 0 Å². The minimum atomic E-state index is -0.375. The summed E-state index contributed by atoms with van der Waals surface area (Å²) in [5.74, 6) is 0.777. The van der Waals surface area contributed by atoms with Crippen molar-refractivity contribution in [2.24, 2.45) is 0 Å². The molecule has 0 saturated carbocycles. The number of carbonyl (C=O) groups excluding carboxylic acids is 1. The lowest BCUT2D eigenvalue weighted by molar-refractivity contribution is 0.0940. The lowest BCUT2D eigenvalue weighted by Gasteiger charge is -2.28. The molecule has 0 bridgehead atoms. The minimum absolute atomic E-state index is 0.174. The molecule has 172 valence electrons. The number of methoxy groups -OCH3 is 1. The molecule has 1 aliphatic heterocycles. The van der Waals surface area contributed by atoms with Gasteiger partial charge in [0.25, 0.3) is 5.91 Å². The SMILES string of the molecule is COc1cc(N2CCCCC2)nc(C(=O)NCc2ccc(F)cc2)c1OCc1ccccc1. The number of aromatic nitrogens is 1. The van der Waals surface area contributed by atoms with E-state index < -0.39 is 0 Å². The molecule has 7 heteroatoms. The number of nitrogens with one attached hydrogen (secondary N) is 1. The van der Waals surface area contributed by atoms with E-state index >= 15 is 0 Å². The number of rotatable bonds is 8. The fourth-order valence-corrected chi connectivity index (χ4v) is 3.83. The fraction of sp³-hybridized carbons (Fsp3) is 0.308. The summed E-state index contributed by atoms with van der Waals surface area (Å²) >= 11 is 0. The molecule has 0 atom stereocenters. The Balaban J connectivity index is 1.62. The molecule has 1 saturated heterocycles. The van der Waals surface area contributed by atoms with Crippen LogP contribution in [0.1, 0.15) is 40.9 Å². The van der Waals surface area contributed by atoms with E-state index in [1.54, 1.807) is 19.2 Å². The first-order valence-electron chi connectivity index (χ1n) is 11.2. The first-order valence-corrected chi connectivity index (χ1v) is 11.2. The van der Waals surface area contributed by atoms with Crippen LogP contribution in [0.15, 0.2) is 60.7 Å². The van der Waals surface area contributed by atoms with Gasteiger partial charge in [-0.15, -0.1) is 0 Å². The first-order chi connectivity index (χ1) is 16.1. The molecular formula is C26H28FN3O3. The summed E-state index contributed by atoms with van der Waals surface area (Å²) in [4.78, 5) is 20.1. The average molecular weight is 450 g/mol. The van der Waals surface area contributed by atoms with Gasteiger partial charge in [0.05, 0.1) is 7.11 Å². The number of amides is 1. The predicted octanol–water partition coefficient (Wildman–Crippen LogP) is 4.73. The molecule has 0 spiro atoms. The summed E-state index contributed by atoms with van der Waals surface area (Å²) in [5, 5.41) is 2.88. The fourth-order valence-electron chi connectivity index (χ4n) is 3.83. The normalized spacial score (nSPS) is 13.5. The lowest BCUT2D eigenvalue weighted by atomic mass is 10.1. The molecule has 0 aliphatic carbocycles. The quantitative estimate of drug-likeness (QED) is 0.539. The van der Waals surface area contributed by atoms with E-state index in [-0.39, 0.29) is 30.6 Å². The van der Waals surface area contributed by atoms with Gasteiger partial charge in [-0.3, -0.25) is 4.79 Å². The number of hydrogen-bond donors (Lipinski definition) is 1. The Morgan fingerprint density at radius 3 is 2.45 bits per heavy atom.